The van der Waals surface area contributed by atoms with Gasteiger partial charge in [0.2, 0.25) is 0 Å². The van der Waals surface area contributed by atoms with E-state index in [1.165, 1.54) is 7.11 Å². The van der Waals surface area contributed by atoms with Crippen molar-refractivity contribution >= 4 is 0 Å². The van der Waals surface area contributed by atoms with Gasteiger partial charge in [0, 0.05) is 7.11 Å². The number of hydrogen-bond acceptors (Lipinski definition) is 8. The van der Waals surface area contributed by atoms with Gasteiger partial charge in [-0.2, -0.15) is 0 Å². The Morgan fingerprint density at radius 2 is 0.978 bits per heavy atom. The molecule has 8 nitrogen and oxygen atoms in total. The number of aliphatic hydroxyl groups excluding tert-OH is 1. The second-order valence-corrected chi connectivity index (χ2v) is 11.3. The summed E-state index contributed by atoms with van der Waals surface area (Å²) in [5.41, 5.74) is 4.09. The minimum atomic E-state index is -0.877. The number of methoxy groups -OCH3 is 1. The van der Waals surface area contributed by atoms with Crippen molar-refractivity contribution < 1.29 is 38.3 Å². The fourth-order valence-corrected chi connectivity index (χ4v) is 5.33. The lowest BCUT2D eigenvalue weighted by Crippen LogP contribution is -2.62. The van der Waals surface area contributed by atoms with Crippen molar-refractivity contribution in [3.63, 3.8) is 0 Å². The predicted molar refractivity (Wildman–Crippen MR) is 174 cm³/mol. The van der Waals surface area contributed by atoms with Gasteiger partial charge < -0.3 is 38.3 Å². The van der Waals surface area contributed by atoms with Crippen LogP contribution in [-0.4, -0.2) is 68.8 Å². The van der Waals surface area contributed by atoms with E-state index < -0.39 is 36.8 Å². The molecule has 1 aliphatic heterocycles. The Morgan fingerprint density at radius 1 is 0.543 bits per heavy atom. The molecule has 6 atom stereocenters. The van der Waals surface area contributed by atoms with E-state index in [9.17, 15) is 5.11 Å². The molecule has 0 radical (unpaired) electrons. The number of rotatable bonds is 18. The molecule has 1 saturated heterocycles. The molecule has 4 aromatic carbocycles. The molecule has 1 N–H and O–H groups in total. The highest BCUT2D eigenvalue weighted by Gasteiger charge is 2.49. The van der Waals surface area contributed by atoms with Gasteiger partial charge in [0.1, 0.15) is 30.5 Å². The Hall–Kier alpha value is -3.44. The Morgan fingerprint density at radius 3 is 1.46 bits per heavy atom. The zero-order valence-electron chi connectivity index (χ0n) is 26.3. The van der Waals surface area contributed by atoms with E-state index in [0.29, 0.717) is 26.4 Å². The summed E-state index contributed by atoms with van der Waals surface area (Å²) in [6.07, 6.45) is -4.13. The topological polar surface area (TPSA) is 84.8 Å². The Bertz CT molecular complexity index is 1360. The fraction of sp³-hybridized carbons (Fsp3) is 0.368. The summed E-state index contributed by atoms with van der Waals surface area (Å²) in [7, 11) is 1.54. The Kier molecular flexibility index (Phi) is 13.7. The third-order valence-electron chi connectivity index (χ3n) is 7.65. The van der Waals surface area contributed by atoms with Crippen LogP contribution in [-0.2, 0) is 59.6 Å². The molecule has 1 aliphatic rings. The second kappa shape index (κ2) is 18.6. The summed E-state index contributed by atoms with van der Waals surface area (Å²) in [4.78, 5) is 0. The van der Waals surface area contributed by atoms with Crippen molar-refractivity contribution in [2.75, 3.05) is 26.9 Å². The Balaban J connectivity index is 1.43. The number of aliphatic hydroxyl groups is 1. The first-order valence-electron chi connectivity index (χ1n) is 15.7. The molecule has 5 unspecified atom stereocenters. The third kappa shape index (κ3) is 10.6. The highest BCUT2D eigenvalue weighted by atomic mass is 16.7. The first-order valence-corrected chi connectivity index (χ1v) is 15.7. The van der Waals surface area contributed by atoms with Crippen molar-refractivity contribution in [1.82, 2.24) is 0 Å². The van der Waals surface area contributed by atoms with Crippen molar-refractivity contribution in [3.05, 3.63) is 144 Å². The van der Waals surface area contributed by atoms with Crippen LogP contribution in [0.25, 0.3) is 0 Å². The zero-order chi connectivity index (χ0) is 31.8. The van der Waals surface area contributed by atoms with Gasteiger partial charge >= 0.3 is 0 Å². The van der Waals surface area contributed by atoms with Crippen LogP contribution in [0.2, 0.25) is 0 Å². The van der Waals surface area contributed by atoms with Crippen LogP contribution in [0.3, 0.4) is 0 Å². The highest BCUT2D eigenvalue weighted by molar-refractivity contribution is 5.16. The smallest absolute Gasteiger partial charge is 0.187 e. The molecule has 0 bridgehead atoms. The molecule has 4 aromatic rings. The summed E-state index contributed by atoms with van der Waals surface area (Å²) >= 11 is 0. The minimum Gasteiger partial charge on any atom is -0.388 e. The predicted octanol–water partition coefficient (Wildman–Crippen LogP) is 5.71. The van der Waals surface area contributed by atoms with E-state index in [2.05, 4.69) is 0 Å². The van der Waals surface area contributed by atoms with Crippen LogP contribution in [0.5, 0.6) is 0 Å². The maximum Gasteiger partial charge on any atom is 0.187 e. The summed E-state index contributed by atoms with van der Waals surface area (Å²) < 4.78 is 44.1. The summed E-state index contributed by atoms with van der Waals surface area (Å²) in [5, 5.41) is 10.5. The maximum absolute atomic E-state index is 10.5. The molecule has 244 valence electrons. The molecule has 1 fully saturated rings. The third-order valence-corrected chi connectivity index (χ3v) is 7.65. The molecule has 1 heterocycles. The zero-order valence-corrected chi connectivity index (χ0v) is 26.3. The van der Waals surface area contributed by atoms with Gasteiger partial charge in [-0.05, 0) is 22.3 Å². The summed E-state index contributed by atoms with van der Waals surface area (Å²) in [6, 6.07) is 39.9. The van der Waals surface area contributed by atoms with E-state index >= 15 is 0 Å². The molecule has 0 amide bonds. The van der Waals surface area contributed by atoms with Crippen LogP contribution in [0, 0.1) is 0 Å². The van der Waals surface area contributed by atoms with Crippen molar-refractivity contribution in [2.45, 2.75) is 63.2 Å². The van der Waals surface area contributed by atoms with Gasteiger partial charge in [0.15, 0.2) is 6.29 Å². The molecule has 5 rings (SSSR count). The molecular weight excluding hydrogens is 584 g/mol. The highest BCUT2D eigenvalue weighted by Crippen LogP contribution is 2.31. The lowest BCUT2D eigenvalue weighted by molar-refractivity contribution is -0.331. The fourth-order valence-electron chi connectivity index (χ4n) is 5.33. The van der Waals surface area contributed by atoms with E-state index in [1.807, 2.05) is 121 Å². The largest absolute Gasteiger partial charge is 0.388 e. The molecule has 0 spiro atoms. The minimum absolute atomic E-state index is 0.0117. The van der Waals surface area contributed by atoms with Crippen LogP contribution < -0.4 is 0 Å². The first-order chi connectivity index (χ1) is 22.7. The van der Waals surface area contributed by atoms with Crippen molar-refractivity contribution in [1.29, 1.82) is 0 Å². The quantitative estimate of drug-likeness (QED) is 0.150. The molecule has 8 heteroatoms. The van der Waals surface area contributed by atoms with Crippen molar-refractivity contribution in [3.8, 4) is 0 Å². The SMILES string of the molecule is COC[C@H](O)COC1OC(COCc2ccccc2)C(OCc2ccccc2)C(OCc2ccccc2)C1OCc1ccccc1. The molecule has 0 saturated carbocycles. The van der Waals surface area contributed by atoms with E-state index in [-0.39, 0.29) is 19.8 Å². The first kappa shape index (κ1) is 33.9. The van der Waals surface area contributed by atoms with Gasteiger partial charge in [-0.15, -0.1) is 0 Å². The van der Waals surface area contributed by atoms with Crippen LogP contribution >= 0.6 is 0 Å². The van der Waals surface area contributed by atoms with Crippen molar-refractivity contribution in [2.24, 2.45) is 0 Å². The molecule has 0 aliphatic carbocycles. The van der Waals surface area contributed by atoms with E-state index in [1.54, 1.807) is 0 Å². The van der Waals surface area contributed by atoms with E-state index in [0.717, 1.165) is 22.3 Å². The van der Waals surface area contributed by atoms with Gasteiger partial charge in [0.05, 0.1) is 46.2 Å². The van der Waals surface area contributed by atoms with Crippen LogP contribution in [0.1, 0.15) is 22.3 Å². The second-order valence-electron chi connectivity index (χ2n) is 11.3. The van der Waals surface area contributed by atoms with Crippen LogP contribution in [0.15, 0.2) is 121 Å². The Labute approximate surface area is 271 Å². The normalized spacial score (nSPS) is 22.0. The standard InChI is InChI=1S/C38H44O8/c1-40-26-33(39)27-45-38-37(44-25-32-20-12-5-13-21-32)36(43-24-31-18-10-4-11-19-31)35(42-23-30-16-8-3-9-17-30)34(46-38)28-41-22-29-14-6-2-7-15-29/h2-21,33-39H,22-28H2,1H3/t33-,34?,35?,36?,37?,38?/m0/s1. The average molecular weight is 629 g/mol. The maximum atomic E-state index is 10.5. The van der Waals surface area contributed by atoms with Gasteiger partial charge in [-0.1, -0.05) is 121 Å². The lowest BCUT2D eigenvalue weighted by atomic mass is 9.97. The van der Waals surface area contributed by atoms with Crippen LogP contribution in [0.4, 0.5) is 0 Å². The number of ether oxygens (including phenoxy) is 7. The van der Waals surface area contributed by atoms with E-state index in [4.69, 9.17) is 33.2 Å². The average Bonchev–Trinajstić information content (AvgIpc) is 3.10. The molecular formula is C38H44O8. The summed E-state index contributed by atoms with van der Waals surface area (Å²) in [5.74, 6) is 0. The van der Waals surface area contributed by atoms with Gasteiger partial charge in [0.25, 0.3) is 0 Å². The van der Waals surface area contributed by atoms with Gasteiger partial charge in [-0.25, -0.2) is 0 Å². The summed E-state index contributed by atoms with van der Waals surface area (Å²) in [6.45, 7) is 1.74. The van der Waals surface area contributed by atoms with Gasteiger partial charge in [-0.3, -0.25) is 0 Å². The monoisotopic (exact) mass is 628 g/mol. The molecule has 46 heavy (non-hydrogen) atoms. The number of benzene rings is 4. The molecule has 0 aromatic heterocycles. The lowest BCUT2D eigenvalue weighted by Gasteiger charge is -2.46. The number of hydrogen-bond donors (Lipinski definition) is 1.